The molecule has 1 aromatic heterocycles. The van der Waals surface area contributed by atoms with Crippen LogP contribution in [0.2, 0.25) is 0 Å². The van der Waals surface area contributed by atoms with Gasteiger partial charge >= 0.3 is 5.97 Å². The van der Waals surface area contributed by atoms with Crippen LogP contribution < -0.4 is 0 Å². The number of hydrogen-bond acceptors (Lipinski definition) is 3. The van der Waals surface area contributed by atoms with Crippen molar-refractivity contribution in [3.05, 3.63) is 59.9 Å². The van der Waals surface area contributed by atoms with Crippen LogP contribution >= 0.6 is 11.8 Å². The maximum Gasteiger partial charge on any atom is 0.336 e. The van der Waals surface area contributed by atoms with E-state index in [0.29, 0.717) is 11.3 Å². The monoisotopic (exact) mass is 245 g/mol. The van der Waals surface area contributed by atoms with Crippen molar-refractivity contribution < 1.29 is 9.90 Å². The van der Waals surface area contributed by atoms with Gasteiger partial charge in [0, 0.05) is 16.8 Å². The molecule has 2 rings (SSSR count). The van der Waals surface area contributed by atoms with Crippen molar-refractivity contribution in [2.75, 3.05) is 0 Å². The van der Waals surface area contributed by atoms with Crippen molar-refractivity contribution >= 4 is 17.7 Å². The fraction of sp³-hybridized carbons (Fsp3) is 0.0769. The van der Waals surface area contributed by atoms with E-state index in [1.54, 1.807) is 18.3 Å². The molecule has 2 aromatic rings. The fourth-order valence-corrected chi connectivity index (χ4v) is 2.36. The number of carboxylic acids is 1. The molecule has 4 heteroatoms. The summed E-state index contributed by atoms with van der Waals surface area (Å²) in [5.41, 5.74) is 1.28. The van der Waals surface area contributed by atoms with Crippen molar-refractivity contribution in [1.82, 2.24) is 4.98 Å². The number of carboxylic acid groups (broad SMARTS) is 1. The molecule has 1 aromatic carbocycles. The third kappa shape index (κ3) is 3.07. The lowest BCUT2D eigenvalue weighted by atomic mass is 10.2. The summed E-state index contributed by atoms with van der Waals surface area (Å²) in [5, 5.41) is 9.03. The number of benzene rings is 1. The fourth-order valence-electron chi connectivity index (χ4n) is 1.40. The Morgan fingerprint density at radius 2 is 1.94 bits per heavy atom. The molecule has 86 valence electrons. The summed E-state index contributed by atoms with van der Waals surface area (Å²) >= 11 is 1.49. The molecule has 0 spiro atoms. The van der Waals surface area contributed by atoms with E-state index >= 15 is 0 Å². The number of aromatic nitrogens is 1. The van der Waals surface area contributed by atoms with E-state index in [-0.39, 0.29) is 0 Å². The standard InChI is InChI=1S/C13H11NO2S/c15-13(16)11-6-1-2-7-12(11)17-9-10-5-3-4-8-14-10/h1-8H,9H2,(H,15,16). The molecule has 0 fully saturated rings. The largest absolute Gasteiger partial charge is 0.478 e. The first-order valence-electron chi connectivity index (χ1n) is 5.12. The molecule has 0 amide bonds. The van der Waals surface area contributed by atoms with Gasteiger partial charge in [-0.05, 0) is 24.3 Å². The third-order valence-corrected chi connectivity index (χ3v) is 3.33. The highest BCUT2D eigenvalue weighted by molar-refractivity contribution is 7.98. The molecule has 0 radical (unpaired) electrons. The summed E-state index contributed by atoms with van der Waals surface area (Å²) in [7, 11) is 0. The second-order valence-corrected chi connectivity index (χ2v) is 4.43. The van der Waals surface area contributed by atoms with Crippen LogP contribution in [-0.4, -0.2) is 16.1 Å². The Labute approximate surface area is 104 Å². The first kappa shape index (κ1) is 11.7. The van der Waals surface area contributed by atoms with Crippen molar-refractivity contribution in [1.29, 1.82) is 0 Å². The summed E-state index contributed by atoms with van der Waals surface area (Å²) in [6, 6.07) is 12.7. The Hall–Kier alpha value is -1.81. The Morgan fingerprint density at radius 3 is 2.65 bits per heavy atom. The molecule has 0 bridgehead atoms. The van der Waals surface area contributed by atoms with Crippen LogP contribution in [0.1, 0.15) is 16.1 Å². The minimum absolute atomic E-state index is 0.341. The average Bonchev–Trinajstić information content (AvgIpc) is 2.38. The van der Waals surface area contributed by atoms with Gasteiger partial charge < -0.3 is 5.11 Å². The van der Waals surface area contributed by atoms with Crippen LogP contribution in [0, 0.1) is 0 Å². The topological polar surface area (TPSA) is 50.2 Å². The molecule has 1 N–H and O–H groups in total. The van der Waals surface area contributed by atoms with E-state index in [2.05, 4.69) is 4.98 Å². The Morgan fingerprint density at radius 1 is 1.18 bits per heavy atom. The molecule has 0 atom stereocenters. The molecule has 3 nitrogen and oxygen atoms in total. The van der Waals surface area contributed by atoms with Gasteiger partial charge in [0.1, 0.15) is 0 Å². The lowest BCUT2D eigenvalue weighted by molar-refractivity contribution is 0.0693. The molecule has 0 unspecified atom stereocenters. The number of thioether (sulfide) groups is 1. The van der Waals surface area contributed by atoms with Gasteiger partial charge in [-0.25, -0.2) is 4.79 Å². The second kappa shape index (κ2) is 5.50. The van der Waals surface area contributed by atoms with Crippen molar-refractivity contribution in [3.8, 4) is 0 Å². The molecule has 0 saturated heterocycles. The van der Waals surface area contributed by atoms with Crippen LogP contribution in [0.15, 0.2) is 53.6 Å². The number of carbonyl (C=O) groups is 1. The first-order valence-corrected chi connectivity index (χ1v) is 6.11. The van der Waals surface area contributed by atoms with Crippen LogP contribution in [-0.2, 0) is 5.75 Å². The van der Waals surface area contributed by atoms with Crippen LogP contribution in [0.3, 0.4) is 0 Å². The Balaban J connectivity index is 2.12. The number of pyridine rings is 1. The molecule has 0 saturated carbocycles. The number of aromatic carboxylic acids is 1. The molecular formula is C13H11NO2S. The molecule has 1 heterocycles. The molecule has 0 aliphatic rings. The molecular weight excluding hydrogens is 234 g/mol. The van der Waals surface area contributed by atoms with Gasteiger partial charge in [-0.3, -0.25) is 4.98 Å². The van der Waals surface area contributed by atoms with Crippen LogP contribution in [0.4, 0.5) is 0 Å². The van der Waals surface area contributed by atoms with Gasteiger partial charge in [0.15, 0.2) is 0 Å². The Bertz CT molecular complexity index is 514. The highest BCUT2D eigenvalue weighted by Gasteiger charge is 2.09. The predicted molar refractivity (Wildman–Crippen MR) is 67.2 cm³/mol. The van der Waals surface area contributed by atoms with Crippen molar-refractivity contribution in [2.45, 2.75) is 10.6 Å². The predicted octanol–water partition coefficient (Wildman–Crippen LogP) is 3.07. The molecule has 17 heavy (non-hydrogen) atoms. The summed E-state index contributed by atoms with van der Waals surface area (Å²) < 4.78 is 0. The molecule has 0 aliphatic heterocycles. The van der Waals surface area contributed by atoms with Gasteiger partial charge in [-0.15, -0.1) is 11.8 Å². The van der Waals surface area contributed by atoms with E-state index in [9.17, 15) is 4.79 Å². The maximum absolute atomic E-state index is 11.0. The van der Waals surface area contributed by atoms with Crippen molar-refractivity contribution in [3.63, 3.8) is 0 Å². The smallest absolute Gasteiger partial charge is 0.336 e. The van der Waals surface area contributed by atoms with E-state index in [4.69, 9.17) is 5.11 Å². The quantitative estimate of drug-likeness (QED) is 0.841. The third-order valence-electron chi connectivity index (χ3n) is 2.22. The zero-order chi connectivity index (χ0) is 12.1. The van der Waals surface area contributed by atoms with Gasteiger partial charge in [0.2, 0.25) is 0 Å². The van der Waals surface area contributed by atoms with E-state index in [1.165, 1.54) is 11.8 Å². The zero-order valence-electron chi connectivity index (χ0n) is 9.04. The SMILES string of the molecule is O=C(O)c1ccccc1SCc1ccccn1. The van der Waals surface area contributed by atoms with E-state index in [1.807, 2.05) is 30.3 Å². The van der Waals surface area contributed by atoms with Gasteiger partial charge in [-0.1, -0.05) is 18.2 Å². The lowest BCUT2D eigenvalue weighted by Gasteiger charge is -2.04. The number of nitrogens with zero attached hydrogens (tertiary/aromatic N) is 1. The summed E-state index contributed by atoms with van der Waals surface area (Å²) in [5.74, 6) is -0.223. The highest BCUT2D eigenvalue weighted by atomic mass is 32.2. The minimum atomic E-state index is -0.894. The zero-order valence-corrected chi connectivity index (χ0v) is 9.85. The number of rotatable bonds is 4. The lowest BCUT2D eigenvalue weighted by Crippen LogP contribution is -1.98. The van der Waals surface area contributed by atoms with Crippen LogP contribution in [0.25, 0.3) is 0 Å². The maximum atomic E-state index is 11.0. The second-order valence-electron chi connectivity index (χ2n) is 3.41. The minimum Gasteiger partial charge on any atom is -0.478 e. The van der Waals surface area contributed by atoms with Crippen LogP contribution in [0.5, 0.6) is 0 Å². The van der Waals surface area contributed by atoms with Gasteiger partial charge in [0.25, 0.3) is 0 Å². The molecule has 0 aliphatic carbocycles. The summed E-state index contributed by atoms with van der Waals surface area (Å²) in [4.78, 5) is 16.0. The normalized spacial score (nSPS) is 10.1. The Kier molecular flexibility index (Phi) is 3.77. The van der Waals surface area contributed by atoms with E-state index < -0.39 is 5.97 Å². The van der Waals surface area contributed by atoms with Gasteiger partial charge in [0.05, 0.1) is 11.3 Å². The average molecular weight is 245 g/mol. The highest BCUT2D eigenvalue weighted by Crippen LogP contribution is 2.25. The van der Waals surface area contributed by atoms with Crippen molar-refractivity contribution in [2.24, 2.45) is 0 Å². The van der Waals surface area contributed by atoms with Gasteiger partial charge in [-0.2, -0.15) is 0 Å². The summed E-state index contributed by atoms with van der Waals surface area (Å²) in [6.45, 7) is 0. The first-order chi connectivity index (χ1) is 8.27. The van der Waals surface area contributed by atoms with E-state index in [0.717, 1.165) is 10.6 Å². The summed E-state index contributed by atoms with van der Waals surface area (Å²) in [6.07, 6.45) is 1.74. The number of hydrogen-bond donors (Lipinski definition) is 1.